The molecule has 0 unspecified atom stereocenters. The topological polar surface area (TPSA) is 182 Å². The zero-order valence-electron chi connectivity index (χ0n) is 36.3. The van der Waals surface area contributed by atoms with Crippen LogP contribution in [0.1, 0.15) is 54.2 Å². The minimum absolute atomic E-state index is 0.0781. The molecule has 5 rings (SSSR count). The number of likely N-dealkylation sites (N-methyl/N-ethyl adjacent to an activating group) is 1. The Morgan fingerprint density at radius 3 is 2.10 bits per heavy atom. The Morgan fingerprint density at radius 1 is 0.746 bits per heavy atom. The van der Waals surface area contributed by atoms with Crippen LogP contribution in [0.5, 0.6) is 11.5 Å². The molecular weight excluding hydrogens is 805 g/mol. The zero-order chi connectivity index (χ0) is 45.4. The number of hydrogen-bond donors (Lipinski definition) is 4. The minimum atomic E-state index is -1.42. The van der Waals surface area contributed by atoms with Crippen molar-refractivity contribution < 1.29 is 48.0 Å². The molecule has 0 aliphatic heterocycles. The summed E-state index contributed by atoms with van der Waals surface area (Å²) in [5.41, 5.74) is 1.93. The van der Waals surface area contributed by atoms with E-state index in [1.54, 1.807) is 58.2 Å². The fourth-order valence-electron chi connectivity index (χ4n) is 6.73. The lowest BCUT2D eigenvalue weighted by Gasteiger charge is -2.31. The highest BCUT2D eigenvalue weighted by molar-refractivity contribution is 6.10. The number of carboxylic acid groups (broad SMARTS) is 1. The van der Waals surface area contributed by atoms with E-state index < -0.39 is 59.9 Å². The number of carboxylic acids is 1. The average molecular weight is 861 g/mol. The van der Waals surface area contributed by atoms with E-state index in [9.17, 15) is 29.1 Å². The average Bonchev–Trinajstić information content (AvgIpc) is 3.26. The van der Waals surface area contributed by atoms with Crippen molar-refractivity contribution in [1.82, 2.24) is 20.9 Å². The van der Waals surface area contributed by atoms with Gasteiger partial charge in [-0.3, -0.25) is 24.1 Å². The molecule has 5 aromatic carbocycles. The van der Waals surface area contributed by atoms with Gasteiger partial charge in [0.15, 0.2) is 0 Å². The van der Waals surface area contributed by atoms with Crippen LogP contribution >= 0.6 is 0 Å². The van der Waals surface area contributed by atoms with Gasteiger partial charge in [0.1, 0.15) is 35.8 Å². The zero-order valence-corrected chi connectivity index (χ0v) is 36.3. The van der Waals surface area contributed by atoms with Crippen LogP contribution in [0.15, 0.2) is 121 Å². The Hall–Kier alpha value is -6.93. The van der Waals surface area contributed by atoms with Crippen molar-refractivity contribution in [2.24, 2.45) is 0 Å². The first-order valence-electron chi connectivity index (χ1n) is 20.7. The fraction of sp³-hybridized carbons (Fsp3) is 0.327. The number of aliphatic carboxylic acids is 1. The molecule has 0 aliphatic rings. The molecule has 0 heterocycles. The number of methoxy groups -OCH3 is 1. The fourth-order valence-corrected chi connectivity index (χ4v) is 6.73. The lowest BCUT2D eigenvalue weighted by molar-refractivity contribution is -0.139. The van der Waals surface area contributed by atoms with E-state index in [0.29, 0.717) is 29.4 Å². The third-order valence-electron chi connectivity index (χ3n) is 9.92. The van der Waals surface area contributed by atoms with E-state index in [-0.39, 0.29) is 37.7 Å². The van der Waals surface area contributed by atoms with Crippen molar-refractivity contribution in [3.05, 3.63) is 144 Å². The summed E-state index contributed by atoms with van der Waals surface area (Å²) in [4.78, 5) is 68.4. The number of rotatable bonds is 21. The van der Waals surface area contributed by atoms with Crippen molar-refractivity contribution in [2.45, 2.75) is 70.4 Å². The van der Waals surface area contributed by atoms with Gasteiger partial charge < -0.3 is 40.0 Å². The molecule has 63 heavy (non-hydrogen) atoms. The molecule has 0 radical (unpaired) electrons. The van der Waals surface area contributed by atoms with E-state index in [2.05, 4.69) is 16.0 Å². The maximum absolute atomic E-state index is 14.3. The van der Waals surface area contributed by atoms with Crippen molar-refractivity contribution in [3.63, 3.8) is 0 Å². The highest BCUT2D eigenvalue weighted by Crippen LogP contribution is 2.29. The number of nitrogens with zero attached hydrogens (tertiary/aromatic N) is 1. The van der Waals surface area contributed by atoms with Crippen molar-refractivity contribution in [3.8, 4) is 11.5 Å². The number of carbonyl (C=O) groups excluding carboxylic acids is 4. The maximum atomic E-state index is 14.3. The van der Waals surface area contributed by atoms with Crippen LogP contribution in [0.3, 0.4) is 0 Å². The molecule has 4 amide bonds. The molecule has 5 aromatic rings. The Balaban J connectivity index is 1.38. The van der Waals surface area contributed by atoms with Crippen LogP contribution < -0.4 is 25.4 Å². The summed E-state index contributed by atoms with van der Waals surface area (Å²) in [6.45, 7) is 5.33. The van der Waals surface area contributed by atoms with Gasteiger partial charge >= 0.3 is 12.1 Å². The van der Waals surface area contributed by atoms with Gasteiger partial charge in [-0.15, -0.1) is 0 Å². The minimum Gasteiger partial charge on any atom is -0.497 e. The largest absolute Gasteiger partial charge is 0.497 e. The van der Waals surface area contributed by atoms with E-state index in [1.807, 2.05) is 91.0 Å². The second kappa shape index (κ2) is 22.8. The molecule has 14 heteroatoms. The first kappa shape index (κ1) is 47.1. The molecule has 0 fully saturated rings. The monoisotopic (exact) mass is 860 g/mol. The number of carbonyl (C=O) groups is 5. The highest BCUT2D eigenvalue weighted by atomic mass is 16.6. The third-order valence-corrected chi connectivity index (χ3v) is 9.92. The summed E-state index contributed by atoms with van der Waals surface area (Å²) >= 11 is 0. The van der Waals surface area contributed by atoms with Gasteiger partial charge in [0.25, 0.3) is 5.91 Å². The second-order valence-electron chi connectivity index (χ2n) is 16.0. The molecule has 0 saturated carbocycles. The molecule has 4 N–H and O–H groups in total. The molecule has 0 spiro atoms. The maximum Gasteiger partial charge on any atom is 0.410 e. The number of amides is 4. The molecule has 3 atom stereocenters. The molecule has 14 nitrogen and oxygen atoms in total. The predicted molar refractivity (Wildman–Crippen MR) is 239 cm³/mol. The first-order valence-corrected chi connectivity index (χ1v) is 20.7. The molecule has 0 bridgehead atoms. The van der Waals surface area contributed by atoms with Crippen molar-refractivity contribution in [1.29, 1.82) is 0 Å². The van der Waals surface area contributed by atoms with E-state index in [1.165, 1.54) is 11.9 Å². The predicted octanol–water partition coefficient (Wildman–Crippen LogP) is 6.34. The number of benzene rings is 5. The van der Waals surface area contributed by atoms with E-state index in [0.717, 1.165) is 16.7 Å². The lowest BCUT2D eigenvalue weighted by atomic mass is 10.0. The van der Waals surface area contributed by atoms with Crippen molar-refractivity contribution >= 4 is 40.6 Å². The van der Waals surface area contributed by atoms with Crippen LogP contribution in [-0.4, -0.2) is 97.4 Å². The summed E-state index contributed by atoms with van der Waals surface area (Å²) in [6, 6.07) is 33.5. The Bertz CT molecular complexity index is 2320. The van der Waals surface area contributed by atoms with Gasteiger partial charge in [0.05, 0.1) is 38.3 Å². The highest BCUT2D eigenvalue weighted by Gasteiger charge is 2.33. The number of ether oxygens (including phenoxy) is 4. The molecule has 0 saturated heterocycles. The summed E-state index contributed by atoms with van der Waals surface area (Å²) in [7, 11) is 3.04. The molecule has 0 aromatic heterocycles. The second-order valence-corrected chi connectivity index (χ2v) is 16.0. The van der Waals surface area contributed by atoms with Gasteiger partial charge in [-0.1, -0.05) is 103 Å². The van der Waals surface area contributed by atoms with Crippen LogP contribution in [0.2, 0.25) is 0 Å². The number of hydrogen-bond acceptors (Lipinski definition) is 9. The summed E-state index contributed by atoms with van der Waals surface area (Å²) < 4.78 is 23.3. The Kier molecular flexibility index (Phi) is 17.0. The lowest BCUT2D eigenvalue weighted by Crippen LogP contribution is -2.54. The number of fused-ring (bicyclic) bond motifs is 1. The molecule has 332 valence electrons. The number of nitrogens with one attached hydrogen (secondary N) is 3. The van der Waals surface area contributed by atoms with Gasteiger partial charge in [0, 0.05) is 13.6 Å². The van der Waals surface area contributed by atoms with E-state index in [4.69, 9.17) is 18.9 Å². The van der Waals surface area contributed by atoms with Gasteiger partial charge in [0.2, 0.25) is 11.8 Å². The molecule has 0 aliphatic carbocycles. The van der Waals surface area contributed by atoms with Gasteiger partial charge in [-0.25, -0.2) is 4.79 Å². The van der Waals surface area contributed by atoms with Gasteiger partial charge in [-0.2, -0.15) is 0 Å². The SMILES string of the molecule is COc1cccc(CCNC(=O)[C@H](CC(=O)O)NC(=O)c2c(OC[C@@H](Cc3ccccc3)NC(=O)[C@@H](COCc3ccccc3)N(C)C(=O)OC(C)(C)C)ccc3ccccc23)c1. The smallest absolute Gasteiger partial charge is 0.410 e. The Labute approximate surface area is 367 Å². The summed E-state index contributed by atoms with van der Waals surface area (Å²) in [5.74, 6) is -2.39. The Morgan fingerprint density at radius 2 is 1.41 bits per heavy atom. The van der Waals surface area contributed by atoms with E-state index >= 15 is 0 Å². The van der Waals surface area contributed by atoms with Gasteiger partial charge in [-0.05, 0) is 79.3 Å². The normalized spacial score (nSPS) is 12.6. The first-order chi connectivity index (χ1) is 30.2. The van der Waals surface area contributed by atoms with Crippen LogP contribution in [0.25, 0.3) is 10.8 Å². The van der Waals surface area contributed by atoms with Crippen LogP contribution in [0, 0.1) is 0 Å². The van der Waals surface area contributed by atoms with Crippen LogP contribution in [0.4, 0.5) is 4.79 Å². The summed E-state index contributed by atoms with van der Waals surface area (Å²) in [5, 5.41) is 19.4. The van der Waals surface area contributed by atoms with Crippen LogP contribution in [-0.2, 0) is 43.3 Å². The summed E-state index contributed by atoms with van der Waals surface area (Å²) in [6.07, 6.45) is -0.624. The van der Waals surface area contributed by atoms with Crippen molar-refractivity contribution in [2.75, 3.05) is 33.9 Å². The third kappa shape index (κ3) is 14.6. The quantitative estimate of drug-likeness (QED) is 0.0650. The standard InChI is InChI=1S/C49H56N4O10/c1-49(2,3)63-48(59)53(4)41(32-61-30-35-17-10-7-11-18-35)46(57)51-37(27-33-15-8-6-9-16-33)31-62-42-24-23-36-20-12-13-22-39(36)44(42)47(58)52-40(29-43(54)55)45(56)50-26-25-34-19-14-21-38(28-34)60-5/h6-24,28,37,40-41H,25-27,29-32H2,1-5H3,(H,50,56)(H,51,57)(H,52,58)(H,54,55)/t37-,40+,41-/m1/s1. The molecular formula is C49H56N4O10.